The molecule has 0 rings (SSSR count). The summed E-state index contributed by atoms with van der Waals surface area (Å²) in [5.74, 6) is 0. The number of alkyl carbamates (subject to hydrolysis) is 1. The predicted octanol–water partition coefficient (Wildman–Crippen LogP) is 2.31. The molecule has 114 valence electrons. The lowest BCUT2D eigenvalue weighted by atomic mass is 9.98. The first kappa shape index (κ1) is 18.2. The second-order valence-electron chi connectivity index (χ2n) is 5.68. The van der Waals surface area contributed by atoms with Crippen molar-refractivity contribution in [2.24, 2.45) is 0 Å². The molecule has 19 heavy (non-hydrogen) atoms. The van der Waals surface area contributed by atoms with Crippen LogP contribution < -0.4 is 10.6 Å². The Bertz CT molecular complexity index is 269. The summed E-state index contributed by atoms with van der Waals surface area (Å²) in [5, 5.41) is 5.94. The molecule has 1 unspecified atom stereocenters. The maximum atomic E-state index is 11.4. The zero-order valence-corrected chi connectivity index (χ0v) is 13.3. The van der Waals surface area contributed by atoms with E-state index in [1.165, 1.54) is 0 Å². The molecule has 0 bridgehead atoms. The van der Waals surface area contributed by atoms with Crippen molar-refractivity contribution in [1.82, 2.24) is 10.6 Å². The molecule has 1 amide bonds. The SMILES string of the molecule is CCOC(=O)NC(C)(C)COC(C)(CC)CCNC. The number of amides is 1. The summed E-state index contributed by atoms with van der Waals surface area (Å²) in [7, 11) is 1.93. The highest BCUT2D eigenvalue weighted by Crippen LogP contribution is 2.21. The number of rotatable bonds is 9. The van der Waals surface area contributed by atoms with Gasteiger partial charge >= 0.3 is 6.09 Å². The Morgan fingerprint density at radius 2 is 1.84 bits per heavy atom. The van der Waals surface area contributed by atoms with Gasteiger partial charge in [0.25, 0.3) is 0 Å². The Kier molecular flexibility index (Phi) is 8.02. The monoisotopic (exact) mass is 274 g/mol. The van der Waals surface area contributed by atoms with Crippen LogP contribution in [0, 0.1) is 0 Å². The van der Waals surface area contributed by atoms with Gasteiger partial charge in [0.2, 0.25) is 0 Å². The van der Waals surface area contributed by atoms with Gasteiger partial charge in [0.15, 0.2) is 0 Å². The molecule has 0 aromatic heterocycles. The second-order valence-corrected chi connectivity index (χ2v) is 5.68. The van der Waals surface area contributed by atoms with Gasteiger partial charge in [-0.1, -0.05) is 6.92 Å². The van der Waals surface area contributed by atoms with E-state index >= 15 is 0 Å². The van der Waals surface area contributed by atoms with Crippen molar-refractivity contribution in [3.63, 3.8) is 0 Å². The van der Waals surface area contributed by atoms with Gasteiger partial charge in [-0.15, -0.1) is 0 Å². The number of hydrogen-bond acceptors (Lipinski definition) is 4. The second kappa shape index (κ2) is 8.38. The first-order valence-corrected chi connectivity index (χ1v) is 7.02. The molecule has 5 heteroatoms. The molecule has 0 aromatic carbocycles. The van der Waals surface area contributed by atoms with Crippen molar-refractivity contribution < 1.29 is 14.3 Å². The molecular weight excluding hydrogens is 244 g/mol. The maximum absolute atomic E-state index is 11.4. The lowest BCUT2D eigenvalue weighted by Crippen LogP contribution is -2.49. The summed E-state index contributed by atoms with van der Waals surface area (Å²) in [6, 6.07) is 0. The lowest BCUT2D eigenvalue weighted by molar-refractivity contribution is -0.0609. The van der Waals surface area contributed by atoms with Gasteiger partial charge in [-0.3, -0.25) is 0 Å². The van der Waals surface area contributed by atoms with Crippen LogP contribution in [0.2, 0.25) is 0 Å². The highest BCUT2D eigenvalue weighted by molar-refractivity contribution is 5.68. The molecule has 0 aliphatic carbocycles. The van der Waals surface area contributed by atoms with Gasteiger partial charge in [-0.2, -0.15) is 0 Å². The van der Waals surface area contributed by atoms with Gasteiger partial charge < -0.3 is 20.1 Å². The number of hydrogen-bond donors (Lipinski definition) is 2. The van der Waals surface area contributed by atoms with Gasteiger partial charge in [-0.05, 0) is 54.1 Å². The van der Waals surface area contributed by atoms with Crippen LogP contribution in [0.4, 0.5) is 4.79 Å². The van der Waals surface area contributed by atoms with E-state index in [4.69, 9.17) is 9.47 Å². The molecule has 0 fully saturated rings. The summed E-state index contributed by atoms with van der Waals surface area (Å²) < 4.78 is 10.9. The van der Waals surface area contributed by atoms with Crippen LogP contribution in [0.3, 0.4) is 0 Å². The summed E-state index contributed by atoms with van der Waals surface area (Å²) >= 11 is 0. The largest absolute Gasteiger partial charge is 0.450 e. The standard InChI is InChI=1S/C14H30N2O3/c1-7-14(5,9-10-15-6)19-11-13(3,4)16-12(17)18-8-2/h15H,7-11H2,1-6H3,(H,16,17). The van der Waals surface area contributed by atoms with Gasteiger partial charge in [0.05, 0.1) is 24.4 Å². The third-order valence-corrected chi connectivity index (χ3v) is 3.15. The van der Waals surface area contributed by atoms with Crippen molar-refractivity contribution in [1.29, 1.82) is 0 Å². The normalized spacial score (nSPS) is 14.8. The van der Waals surface area contributed by atoms with Crippen LogP contribution in [0.1, 0.15) is 47.5 Å². The Morgan fingerprint density at radius 1 is 1.21 bits per heavy atom. The van der Waals surface area contributed by atoms with Crippen LogP contribution in [0.5, 0.6) is 0 Å². The number of nitrogens with one attached hydrogen (secondary N) is 2. The van der Waals surface area contributed by atoms with E-state index in [1.807, 2.05) is 20.9 Å². The van der Waals surface area contributed by atoms with Crippen LogP contribution in [0.15, 0.2) is 0 Å². The molecule has 0 aromatic rings. The van der Waals surface area contributed by atoms with Crippen LogP contribution in [-0.2, 0) is 9.47 Å². The average molecular weight is 274 g/mol. The minimum absolute atomic E-state index is 0.170. The Balaban J connectivity index is 4.29. The Morgan fingerprint density at radius 3 is 2.32 bits per heavy atom. The van der Waals surface area contributed by atoms with E-state index in [0.29, 0.717) is 13.2 Å². The van der Waals surface area contributed by atoms with Crippen LogP contribution in [0.25, 0.3) is 0 Å². The van der Waals surface area contributed by atoms with Gasteiger partial charge in [-0.25, -0.2) is 4.79 Å². The molecule has 0 saturated heterocycles. The van der Waals surface area contributed by atoms with Gasteiger partial charge in [0.1, 0.15) is 0 Å². The highest BCUT2D eigenvalue weighted by Gasteiger charge is 2.28. The van der Waals surface area contributed by atoms with E-state index in [2.05, 4.69) is 24.5 Å². The fourth-order valence-corrected chi connectivity index (χ4v) is 1.57. The van der Waals surface area contributed by atoms with Crippen molar-refractivity contribution in [2.45, 2.75) is 58.6 Å². The van der Waals surface area contributed by atoms with Crippen molar-refractivity contribution in [2.75, 3.05) is 26.8 Å². The van der Waals surface area contributed by atoms with Crippen molar-refractivity contribution in [3.05, 3.63) is 0 Å². The summed E-state index contributed by atoms with van der Waals surface area (Å²) in [5.41, 5.74) is -0.612. The molecule has 1 atom stereocenters. The summed E-state index contributed by atoms with van der Waals surface area (Å²) in [6.07, 6.45) is 1.48. The number of ether oxygens (including phenoxy) is 2. The first-order chi connectivity index (χ1) is 8.78. The quantitative estimate of drug-likeness (QED) is 0.677. The first-order valence-electron chi connectivity index (χ1n) is 7.02. The fraction of sp³-hybridized carbons (Fsp3) is 0.929. The topological polar surface area (TPSA) is 59.6 Å². The zero-order chi connectivity index (χ0) is 14.9. The minimum atomic E-state index is -0.442. The zero-order valence-electron chi connectivity index (χ0n) is 13.3. The molecule has 5 nitrogen and oxygen atoms in total. The average Bonchev–Trinajstić information content (AvgIpc) is 2.34. The van der Waals surface area contributed by atoms with E-state index in [1.54, 1.807) is 6.92 Å². The van der Waals surface area contributed by atoms with Crippen molar-refractivity contribution in [3.8, 4) is 0 Å². The molecule has 2 N–H and O–H groups in total. The maximum Gasteiger partial charge on any atom is 0.407 e. The molecule has 0 saturated carbocycles. The summed E-state index contributed by atoms with van der Waals surface area (Å²) in [4.78, 5) is 11.4. The van der Waals surface area contributed by atoms with Gasteiger partial charge in [0, 0.05) is 0 Å². The minimum Gasteiger partial charge on any atom is -0.450 e. The Labute approximate surface area is 117 Å². The van der Waals surface area contributed by atoms with E-state index in [0.717, 1.165) is 19.4 Å². The summed E-state index contributed by atoms with van der Waals surface area (Å²) in [6.45, 7) is 11.6. The van der Waals surface area contributed by atoms with Crippen molar-refractivity contribution >= 4 is 6.09 Å². The number of carbonyl (C=O) groups excluding carboxylic acids is 1. The fourth-order valence-electron chi connectivity index (χ4n) is 1.57. The molecule has 0 heterocycles. The molecule has 0 spiro atoms. The molecule has 0 radical (unpaired) electrons. The number of carbonyl (C=O) groups is 1. The smallest absolute Gasteiger partial charge is 0.407 e. The predicted molar refractivity (Wildman–Crippen MR) is 77.4 cm³/mol. The molecule has 0 aliphatic rings. The molecular formula is C14H30N2O3. The highest BCUT2D eigenvalue weighted by atomic mass is 16.5. The van der Waals surface area contributed by atoms with E-state index < -0.39 is 11.6 Å². The van der Waals surface area contributed by atoms with Crippen LogP contribution >= 0.6 is 0 Å². The molecule has 0 aliphatic heterocycles. The lowest BCUT2D eigenvalue weighted by Gasteiger charge is -2.34. The third-order valence-electron chi connectivity index (χ3n) is 3.15. The van der Waals surface area contributed by atoms with Crippen LogP contribution in [-0.4, -0.2) is 44.0 Å². The Hall–Kier alpha value is -0.810. The van der Waals surface area contributed by atoms with E-state index in [-0.39, 0.29) is 5.60 Å². The third kappa shape index (κ3) is 8.06. The van der Waals surface area contributed by atoms with E-state index in [9.17, 15) is 4.79 Å².